The Morgan fingerprint density at radius 1 is 0.875 bits per heavy atom. The molecule has 0 fully saturated rings. The maximum atomic E-state index is 14.2. The number of aromatic nitrogens is 2. The van der Waals surface area contributed by atoms with Gasteiger partial charge in [-0.05, 0) is 71.7 Å². The number of amides is 3. The molecule has 11 nitrogen and oxygen atoms in total. The molecule has 290 valence electrons. The van der Waals surface area contributed by atoms with Gasteiger partial charge in [0.2, 0.25) is 0 Å². The standard InChI is InChI=1S/C42H41Cl3N6O5/c1-8-41(4,5)27-17-18-34(31(20-27)42(6,7)9-2)56-51(24(3)52)29-15-12-14-25(19-29)38(53)47-37-36(49-39(54)30-16-11-10-13-26(30)23-46-49)40(55)50(48-37)35-32(44)21-28(43)22-33(35)45/h10-23,36H,8-9H2,1-7H3,(H,47,48,53). The topological polar surface area (TPSA) is 126 Å². The summed E-state index contributed by atoms with van der Waals surface area (Å²) in [5.74, 6) is -1.61. The molecule has 0 radical (unpaired) electrons. The van der Waals surface area contributed by atoms with Crippen LogP contribution in [0.4, 0.5) is 11.4 Å². The van der Waals surface area contributed by atoms with Gasteiger partial charge in [-0.1, -0.05) is 113 Å². The van der Waals surface area contributed by atoms with Gasteiger partial charge in [-0.3, -0.25) is 19.2 Å². The van der Waals surface area contributed by atoms with Crippen molar-refractivity contribution in [1.29, 1.82) is 0 Å². The lowest BCUT2D eigenvalue weighted by Crippen LogP contribution is -2.43. The minimum atomic E-state index is -1.51. The van der Waals surface area contributed by atoms with E-state index in [4.69, 9.17) is 39.6 Å². The van der Waals surface area contributed by atoms with Gasteiger partial charge in [0, 0.05) is 28.5 Å². The normalized spacial score (nSPS) is 14.5. The molecule has 2 heterocycles. The van der Waals surface area contributed by atoms with Crippen LogP contribution in [0.25, 0.3) is 10.8 Å². The highest BCUT2D eigenvalue weighted by Crippen LogP contribution is 2.41. The first-order valence-electron chi connectivity index (χ1n) is 18.1. The lowest BCUT2D eigenvalue weighted by Gasteiger charge is -2.32. The van der Waals surface area contributed by atoms with Crippen LogP contribution in [-0.2, 0) is 20.4 Å². The first-order valence-corrected chi connectivity index (χ1v) is 19.2. The minimum Gasteiger partial charge on any atom is -0.372 e. The first kappa shape index (κ1) is 40.4. The Hall–Kier alpha value is -5.23. The van der Waals surface area contributed by atoms with E-state index in [1.54, 1.807) is 36.4 Å². The molecule has 0 saturated heterocycles. The summed E-state index contributed by atoms with van der Waals surface area (Å²) < 4.78 is 0.950. The zero-order chi connectivity index (χ0) is 40.7. The van der Waals surface area contributed by atoms with E-state index in [2.05, 4.69) is 63.1 Å². The molecule has 56 heavy (non-hydrogen) atoms. The number of rotatable bonds is 10. The summed E-state index contributed by atoms with van der Waals surface area (Å²) >= 11 is 19.1. The van der Waals surface area contributed by atoms with E-state index in [-0.39, 0.29) is 48.7 Å². The van der Waals surface area contributed by atoms with Crippen LogP contribution in [0.5, 0.6) is 5.75 Å². The van der Waals surface area contributed by atoms with E-state index >= 15 is 0 Å². The Morgan fingerprint density at radius 3 is 2.21 bits per heavy atom. The third-order valence-corrected chi connectivity index (χ3v) is 11.2. The van der Waals surface area contributed by atoms with Gasteiger partial charge in [0.1, 0.15) is 5.69 Å². The fourth-order valence-corrected chi connectivity index (χ4v) is 7.23. The summed E-state index contributed by atoms with van der Waals surface area (Å²) in [7, 11) is 0. The van der Waals surface area contributed by atoms with Crippen molar-refractivity contribution in [2.45, 2.75) is 78.2 Å². The van der Waals surface area contributed by atoms with E-state index in [1.807, 2.05) is 12.1 Å². The maximum Gasteiger partial charge on any atom is 0.280 e. The Balaban J connectivity index is 1.37. The zero-order valence-electron chi connectivity index (χ0n) is 32.0. The molecule has 1 atom stereocenters. The number of benzene rings is 4. The Labute approximate surface area is 339 Å². The lowest BCUT2D eigenvalue weighted by atomic mass is 9.76. The number of halogens is 3. The van der Waals surface area contributed by atoms with Gasteiger partial charge in [0.25, 0.3) is 23.3 Å². The average molecular weight is 816 g/mol. The summed E-state index contributed by atoms with van der Waals surface area (Å²) in [6, 6.07) is 20.3. The summed E-state index contributed by atoms with van der Waals surface area (Å²) in [5.41, 5.74) is 1.52. The lowest BCUT2D eigenvalue weighted by molar-refractivity contribution is -0.121. The van der Waals surface area contributed by atoms with E-state index in [0.29, 0.717) is 16.5 Å². The van der Waals surface area contributed by atoms with Crippen molar-refractivity contribution in [3.05, 3.63) is 127 Å². The van der Waals surface area contributed by atoms with Gasteiger partial charge in [-0.2, -0.15) is 10.1 Å². The molecule has 3 amide bonds. The molecule has 0 aliphatic carbocycles. The molecule has 1 unspecified atom stereocenters. The molecule has 14 heteroatoms. The molecular formula is C42H41Cl3N6O5. The number of nitrogens with zero attached hydrogens (tertiary/aromatic N) is 5. The number of hydrogen-bond acceptors (Lipinski definition) is 7. The van der Waals surface area contributed by atoms with Crippen molar-refractivity contribution in [3.8, 4) is 5.75 Å². The van der Waals surface area contributed by atoms with Crippen molar-refractivity contribution in [2.75, 3.05) is 10.1 Å². The third kappa shape index (κ3) is 7.76. The van der Waals surface area contributed by atoms with Gasteiger partial charge in [0.05, 0.1) is 27.3 Å². The predicted octanol–water partition coefficient (Wildman–Crippen LogP) is 9.41. The van der Waals surface area contributed by atoms with Crippen LogP contribution in [0.3, 0.4) is 0 Å². The summed E-state index contributed by atoms with van der Waals surface area (Å²) in [5, 5.41) is 14.5. The fraction of sp³-hybridized carbons (Fsp3) is 0.286. The monoisotopic (exact) mass is 814 g/mol. The van der Waals surface area contributed by atoms with Crippen LogP contribution in [0.1, 0.15) is 88.8 Å². The molecule has 6 rings (SSSR count). The second-order valence-corrected chi connectivity index (χ2v) is 16.1. The molecule has 1 aliphatic heterocycles. The van der Waals surface area contributed by atoms with Crippen molar-refractivity contribution in [2.24, 2.45) is 5.10 Å². The highest BCUT2D eigenvalue weighted by atomic mass is 35.5. The molecule has 1 aromatic heterocycles. The zero-order valence-corrected chi connectivity index (χ0v) is 34.3. The molecule has 1 N–H and O–H groups in total. The van der Waals surface area contributed by atoms with E-state index in [1.165, 1.54) is 37.4 Å². The number of carbonyl (C=O) groups excluding carboxylic acids is 3. The van der Waals surface area contributed by atoms with Crippen LogP contribution < -0.4 is 25.8 Å². The average Bonchev–Trinajstić information content (AvgIpc) is 3.47. The summed E-state index contributed by atoms with van der Waals surface area (Å²) in [6.45, 7) is 14.2. The number of nitrogens with one attached hydrogen (secondary N) is 1. The number of hydroxylamine groups is 1. The maximum absolute atomic E-state index is 14.2. The smallest absolute Gasteiger partial charge is 0.280 e. The number of hydrazone groups is 1. The largest absolute Gasteiger partial charge is 0.372 e. The molecule has 1 aliphatic rings. The molecule has 0 spiro atoms. The molecular weight excluding hydrogens is 775 g/mol. The number of fused-ring (bicyclic) bond motifs is 1. The summed E-state index contributed by atoms with van der Waals surface area (Å²) in [6.07, 6.45) is 3.20. The highest BCUT2D eigenvalue weighted by molar-refractivity contribution is 6.43. The van der Waals surface area contributed by atoms with Crippen LogP contribution in [0, 0.1) is 0 Å². The van der Waals surface area contributed by atoms with Crippen molar-refractivity contribution >= 4 is 80.5 Å². The minimum absolute atomic E-state index is 0.000948. The second-order valence-electron chi connectivity index (χ2n) is 14.8. The SMILES string of the molecule is CCC(C)(C)c1ccc(ON(C(C)=O)c2cccc(C(=O)NC3=NN(c4c(Cl)cc(Cl)cc4Cl)C(=O)C3n3ncc4ccccc4c3=O)c2)c(C(C)(C)CC)c1. The van der Waals surface area contributed by atoms with Gasteiger partial charge < -0.3 is 10.2 Å². The van der Waals surface area contributed by atoms with E-state index in [0.717, 1.165) is 38.7 Å². The number of anilines is 2. The van der Waals surface area contributed by atoms with Gasteiger partial charge >= 0.3 is 0 Å². The Morgan fingerprint density at radius 2 is 1.55 bits per heavy atom. The van der Waals surface area contributed by atoms with Gasteiger partial charge in [0.15, 0.2) is 17.6 Å². The van der Waals surface area contributed by atoms with Gasteiger partial charge in [-0.15, -0.1) is 10.2 Å². The van der Waals surface area contributed by atoms with Crippen LogP contribution in [0.15, 0.2) is 95.0 Å². The molecule has 0 bridgehead atoms. The third-order valence-electron chi connectivity index (χ3n) is 10.4. The van der Waals surface area contributed by atoms with Crippen LogP contribution in [-0.4, -0.2) is 33.3 Å². The molecule has 0 saturated carbocycles. The van der Waals surface area contributed by atoms with Crippen molar-refractivity contribution in [1.82, 2.24) is 15.1 Å². The van der Waals surface area contributed by atoms with Crippen molar-refractivity contribution < 1.29 is 19.2 Å². The molecule has 5 aromatic rings. The molecule has 4 aromatic carbocycles. The number of carbonyl (C=O) groups is 3. The van der Waals surface area contributed by atoms with Crippen molar-refractivity contribution in [3.63, 3.8) is 0 Å². The fourth-order valence-electron chi connectivity index (χ4n) is 6.26. The second kappa shape index (κ2) is 15.7. The van der Waals surface area contributed by atoms with E-state index < -0.39 is 29.3 Å². The Bertz CT molecular complexity index is 2460. The van der Waals surface area contributed by atoms with Crippen LogP contribution in [0.2, 0.25) is 15.1 Å². The number of hydrogen-bond donors (Lipinski definition) is 1. The first-order chi connectivity index (χ1) is 26.5. The summed E-state index contributed by atoms with van der Waals surface area (Å²) in [4.78, 5) is 61.5. The van der Waals surface area contributed by atoms with Crippen LogP contribution >= 0.6 is 34.8 Å². The quantitative estimate of drug-likeness (QED) is 0.140. The van der Waals surface area contributed by atoms with E-state index in [9.17, 15) is 19.2 Å². The highest BCUT2D eigenvalue weighted by Gasteiger charge is 2.42. The Kier molecular flexibility index (Phi) is 11.4. The van der Waals surface area contributed by atoms with Gasteiger partial charge in [-0.25, -0.2) is 4.68 Å². The predicted molar refractivity (Wildman–Crippen MR) is 222 cm³/mol. The number of amidine groups is 1.